The number of carbonyl (C=O) groups is 1. The van der Waals surface area contributed by atoms with Crippen LogP contribution < -0.4 is 16.0 Å². The molecule has 2 aromatic carbocycles. The van der Waals surface area contributed by atoms with Crippen molar-refractivity contribution in [2.24, 2.45) is 11.7 Å². The minimum Gasteiger partial charge on any atom is -0.349 e. The van der Waals surface area contributed by atoms with E-state index in [0.29, 0.717) is 25.4 Å². The summed E-state index contributed by atoms with van der Waals surface area (Å²) in [6.07, 6.45) is 2.78. The molecule has 27 heavy (non-hydrogen) atoms. The molecule has 1 amide bonds. The number of hydrogen-bond acceptors (Lipinski definition) is 4. The molecule has 1 atom stereocenters. The van der Waals surface area contributed by atoms with Crippen molar-refractivity contribution in [3.63, 3.8) is 0 Å². The van der Waals surface area contributed by atoms with Gasteiger partial charge in [-0.25, -0.2) is 0 Å². The summed E-state index contributed by atoms with van der Waals surface area (Å²) in [5, 5.41) is 3.20. The van der Waals surface area contributed by atoms with Crippen LogP contribution in [0.2, 0.25) is 0 Å². The molecule has 1 unspecified atom stereocenters. The predicted molar refractivity (Wildman–Crippen MR) is 114 cm³/mol. The van der Waals surface area contributed by atoms with E-state index in [9.17, 15) is 4.79 Å². The van der Waals surface area contributed by atoms with Gasteiger partial charge in [-0.1, -0.05) is 36.0 Å². The molecule has 1 aliphatic heterocycles. The van der Waals surface area contributed by atoms with Crippen molar-refractivity contribution in [1.82, 2.24) is 5.32 Å². The summed E-state index contributed by atoms with van der Waals surface area (Å²) in [5.41, 5.74) is 8.02. The highest BCUT2D eigenvalue weighted by Gasteiger charge is 2.41. The lowest BCUT2D eigenvalue weighted by atomic mass is 9.96. The Balaban J connectivity index is 0.00000210. The van der Waals surface area contributed by atoms with Gasteiger partial charge in [0.2, 0.25) is 5.91 Å². The number of carbonyl (C=O) groups excluding carboxylic acids is 1. The number of nitrogens with zero attached hydrogens (tertiary/aromatic N) is 1. The Labute approximate surface area is 171 Å². The van der Waals surface area contributed by atoms with Gasteiger partial charge in [-0.05, 0) is 49.9 Å². The largest absolute Gasteiger partial charge is 0.349 e. The molecule has 0 bridgehead atoms. The number of para-hydroxylation sites is 2. The highest BCUT2D eigenvalue weighted by molar-refractivity contribution is 7.99. The van der Waals surface area contributed by atoms with Crippen LogP contribution in [0.4, 0.5) is 11.4 Å². The summed E-state index contributed by atoms with van der Waals surface area (Å²) in [5.74, 6) is 0.613. The van der Waals surface area contributed by atoms with E-state index in [1.807, 2.05) is 0 Å². The van der Waals surface area contributed by atoms with Crippen LogP contribution in [0.25, 0.3) is 0 Å². The van der Waals surface area contributed by atoms with E-state index in [4.69, 9.17) is 5.73 Å². The molecule has 2 aliphatic rings. The van der Waals surface area contributed by atoms with Crippen molar-refractivity contribution in [1.29, 1.82) is 0 Å². The summed E-state index contributed by atoms with van der Waals surface area (Å²) in [6, 6.07) is 16.8. The van der Waals surface area contributed by atoms with Crippen molar-refractivity contribution in [3.8, 4) is 0 Å². The molecule has 2 aromatic rings. The molecule has 6 heteroatoms. The summed E-state index contributed by atoms with van der Waals surface area (Å²) in [6.45, 7) is 3.23. The van der Waals surface area contributed by atoms with Crippen LogP contribution in [0, 0.1) is 5.92 Å². The normalized spacial score (nSPS) is 17.2. The topological polar surface area (TPSA) is 58.4 Å². The Morgan fingerprint density at radius 1 is 1.15 bits per heavy atom. The second-order valence-corrected chi connectivity index (χ2v) is 8.47. The van der Waals surface area contributed by atoms with Gasteiger partial charge in [-0.2, -0.15) is 0 Å². The molecule has 1 aliphatic carbocycles. The number of halogens is 1. The maximum absolute atomic E-state index is 12.6. The number of nitrogens with two attached hydrogens (primary N) is 1. The quantitative estimate of drug-likeness (QED) is 0.753. The molecule has 1 saturated carbocycles. The van der Waals surface area contributed by atoms with Crippen LogP contribution in [0.5, 0.6) is 0 Å². The van der Waals surface area contributed by atoms with Crippen LogP contribution in [0.1, 0.15) is 26.2 Å². The minimum atomic E-state index is -0.259. The fourth-order valence-electron chi connectivity index (χ4n) is 3.66. The monoisotopic (exact) mass is 403 g/mol. The maximum atomic E-state index is 12.6. The molecule has 1 fully saturated rings. The van der Waals surface area contributed by atoms with Gasteiger partial charge in [-0.15, -0.1) is 12.4 Å². The zero-order valence-electron chi connectivity index (χ0n) is 15.5. The number of rotatable bonds is 6. The van der Waals surface area contributed by atoms with Gasteiger partial charge >= 0.3 is 0 Å². The number of amides is 1. The number of benzene rings is 2. The molecule has 4 nitrogen and oxygen atoms in total. The van der Waals surface area contributed by atoms with Crippen LogP contribution in [-0.2, 0) is 4.79 Å². The lowest BCUT2D eigenvalue weighted by Crippen LogP contribution is -2.53. The van der Waals surface area contributed by atoms with E-state index in [1.165, 1.54) is 21.2 Å². The first kappa shape index (κ1) is 20.1. The fourth-order valence-corrected chi connectivity index (χ4v) is 4.75. The first-order valence-electron chi connectivity index (χ1n) is 9.25. The minimum absolute atomic E-state index is 0. The number of anilines is 2. The van der Waals surface area contributed by atoms with Gasteiger partial charge in [0.25, 0.3) is 0 Å². The first-order chi connectivity index (χ1) is 12.6. The molecule has 1 heterocycles. The molecule has 0 aromatic heterocycles. The lowest BCUT2D eigenvalue weighted by molar-refractivity contribution is -0.122. The Kier molecular flexibility index (Phi) is 6.04. The zero-order chi connectivity index (χ0) is 18.1. The van der Waals surface area contributed by atoms with Gasteiger partial charge < -0.3 is 16.0 Å². The van der Waals surface area contributed by atoms with Gasteiger partial charge in [0.05, 0.1) is 16.9 Å². The molecule has 0 radical (unpaired) electrons. The van der Waals surface area contributed by atoms with E-state index in [-0.39, 0.29) is 23.9 Å². The molecule has 0 spiro atoms. The predicted octanol–water partition coefficient (Wildman–Crippen LogP) is 4.34. The van der Waals surface area contributed by atoms with E-state index in [0.717, 1.165) is 12.8 Å². The third-order valence-electron chi connectivity index (χ3n) is 5.42. The van der Waals surface area contributed by atoms with Crippen molar-refractivity contribution >= 4 is 41.5 Å². The van der Waals surface area contributed by atoms with E-state index < -0.39 is 0 Å². The number of nitrogens with one attached hydrogen (secondary N) is 1. The van der Waals surface area contributed by atoms with Crippen molar-refractivity contribution in [2.45, 2.75) is 41.5 Å². The molecule has 144 valence electrons. The maximum Gasteiger partial charge on any atom is 0.222 e. The summed E-state index contributed by atoms with van der Waals surface area (Å²) in [7, 11) is 0. The van der Waals surface area contributed by atoms with Crippen molar-refractivity contribution in [2.75, 3.05) is 18.0 Å². The molecule has 3 N–H and O–H groups in total. The first-order valence-corrected chi connectivity index (χ1v) is 10.1. The van der Waals surface area contributed by atoms with Gasteiger partial charge in [0.15, 0.2) is 0 Å². The SMILES string of the molecule is CC(CN)(NC(=O)CCN1c2ccccc2Sc2ccccc21)C1CC1.Cl. The van der Waals surface area contributed by atoms with Crippen LogP contribution >= 0.6 is 24.2 Å². The average molecular weight is 404 g/mol. The molecular weight excluding hydrogens is 378 g/mol. The molecule has 0 saturated heterocycles. The smallest absolute Gasteiger partial charge is 0.222 e. The van der Waals surface area contributed by atoms with Crippen LogP contribution in [0.15, 0.2) is 58.3 Å². The second-order valence-electron chi connectivity index (χ2n) is 7.38. The molecular formula is C21H26ClN3OS. The number of hydrogen-bond donors (Lipinski definition) is 2. The highest BCUT2D eigenvalue weighted by Crippen LogP contribution is 2.47. The van der Waals surface area contributed by atoms with Crippen molar-refractivity contribution < 1.29 is 4.79 Å². The Hall–Kier alpha value is -1.69. The lowest BCUT2D eigenvalue weighted by Gasteiger charge is -2.33. The summed E-state index contributed by atoms with van der Waals surface area (Å²) >= 11 is 1.79. The zero-order valence-corrected chi connectivity index (χ0v) is 17.1. The number of fused-ring (bicyclic) bond motifs is 2. The summed E-state index contributed by atoms with van der Waals surface area (Å²) < 4.78 is 0. The molecule has 4 rings (SSSR count). The van der Waals surface area contributed by atoms with Crippen molar-refractivity contribution in [3.05, 3.63) is 48.5 Å². The van der Waals surface area contributed by atoms with E-state index in [1.54, 1.807) is 11.8 Å². The Morgan fingerprint density at radius 3 is 2.22 bits per heavy atom. The highest BCUT2D eigenvalue weighted by atomic mass is 35.5. The van der Waals surface area contributed by atoms with E-state index in [2.05, 4.69) is 65.7 Å². The fraction of sp³-hybridized carbons (Fsp3) is 0.381. The van der Waals surface area contributed by atoms with Crippen LogP contribution in [0.3, 0.4) is 0 Å². The van der Waals surface area contributed by atoms with Gasteiger partial charge in [-0.3, -0.25) is 4.79 Å². The van der Waals surface area contributed by atoms with Crippen LogP contribution in [-0.4, -0.2) is 24.5 Å². The van der Waals surface area contributed by atoms with E-state index >= 15 is 0 Å². The standard InChI is InChI=1S/C21H25N3OS.ClH/c1-21(14-22,15-10-11-15)23-20(25)12-13-24-16-6-2-4-8-18(16)26-19-9-5-3-7-17(19)24;/h2-9,15H,10-14,22H2,1H3,(H,23,25);1H. The third-order valence-corrected chi connectivity index (χ3v) is 6.55. The summed E-state index contributed by atoms with van der Waals surface area (Å²) in [4.78, 5) is 17.3. The second kappa shape index (κ2) is 8.13. The Bertz CT molecular complexity index is 781. The average Bonchev–Trinajstić information content (AvgIpc) is 3.50. The third kappa shape index (κ3) is 4.10. The Morgan fingerprint density at radius 2 is 1.70 bits per heavy atom. The van der Waals surface area contributed by atoms with Gasteiger partial charge in [0.1, 0.15) is 0 Å². The van der Waals surface area contributed by atoms with Gasteiger partial charge in [0, 0.05) is 29.3 Å².